The quantitative estimate of drug-likeness (QED) is 0.924. The lowest BCUT2D eigenvalue weighted by Gasteiger charge is -2.28. The van der Waals surface area contributed by atoms with Crippen molar-refractivity contribution in [1.29, 1.82) is 0 Å². The maximum Gasteiger partial charge on any atom is 0.295 e. The summed E-state index contributed by atoms with van der Waals surface area (Å²) in [6.45, 7) is 5.66. The van der Waals surface area contributed by atoms with Crippen molar-refractivity contribution in [1.82, 2.24) is 4.98 Å². The third-order valence-corrected chi connectivity index (χ3v) is 3.76. The van der Waals surface area contributed by atoms with Crippen molar-refractivity contribution in [3.05, 3.63) is 41.0 Å². The summed E-state index contributed by atoms with van der Waals surface area (Å²) in [5.74, 6) is 0.880. The van der Waals surface area contributed by atoms with E-state index >= 15 is 0 Å². The van der Waals surface area contributed by atoms with E-state index in [4.69, 9.17) is 4.42 Å². The summed E-state index contributed by atoms with van der Waals surface area (Å²) in [5, 5.41) is 2.77. The lowest BCUT2D eigenvalue weighted by molar-refractivity contribution is -0.115. The largest absolute Gasteiger partial charge is 0.456 e. The van der Waals surface area contributed by atoms with Crippen molar-refractivity contribution >= 4 is 23.3 Å². The Labute approximate surface area is 128 Å². The lowest BCUT2D eigenvalue weighted by atomic mass is 10.1. The molecule has 1 N–H and O–H groups in total. The summed E-state index contributed by atoms with van der Waals surface area (Å²) in [6, 6.07) is 3.50. The molecule has 0 bridgehead atoms. The number of aromatic nitrogens is 1. The van der Waals surface area contributed by atoms with Gasteiger partial charge in [-0.1, -0.05) is 6.92 Å². The van der Waals surface area contributed by atoms with Gasteiger partial charge in [0.25, 0.3) is 5.91 Å². The maximum absolute atomic E-state index is 12.7. The first-order chi connectivity index (χ1) is 10.5. The Morgan fingerprint density at radius 1 is 1.41 bits per heavy atom. The number of hydrogen-bond acceptors (Lipinski definition) is 4. The van der Waals surface area contributed by atoms with Crippen LogP contribution in [0.4, 0.5) is 11.5 Å². The smallest absolute Gasteiger partial charge is 0.295 e. The molecule has 0 saturated carbocycles. The SMILES string of the molecule is CCc1oc(C(=O)N2CC(=O)Nc3c(C)ccnc32)cc1C. The van der Waals surface area contributed by atoms with Gasteiger partial charge in [0.05, 0.1) is 5.69 Å². The molecule has 3 rings (SSSR count). The van der Waals surface area contributed by atoms with Crippen LogP contribution >= 0.6 is 0 Å². The standard InChI is InChI=1S/C16H17N3O3/c1-4-11-10(3)7-12(22-11)16(21)19-8-13(20)18-14-9(2)5-6-17-15(14)19/h5-7H,4,8H2,1-3H3,(H,18,20). The van der Waals surface area contributed by atoms with Gasteiger partial charge in [-0.25, -0.2) is 4.98 Å². The van der Waals surface area contributed by atoms with Crippen LogP contribution in [0.2, 0.25) is 0 Å². The lowest BCUT2D eigenvalue weighted by Crippen LogP contribution is -2.42. The summed E-state index contributed by atoms with van der Waals surface area (Å²) in [6.07, 6.45) is 2.34. The summed E-state index contributed by atoms with van der Waals surface area (Å²) in [4.78, 5) is 30.2. The van der Waals surface area contributed by atoms with Crippen LogP contribution in [0.25, 0.3) is 0 Å². The molecule has 2 aromatic heterocycles. The van der Waals surface area contributed by atoms with Gasteiger partial charge in [-0.2, -0.15) is 0 Å². The topological polar surface area (TPSA) is 75.4 Å². The van der Waals surface area contributed by atoms with Crippen molar-refractivity contribution in [3.63, 3.8) is 0 Å². The second kappa shape index (κ2) is 5.29. The van der Waals surface area contributed by atoms with Gasteiger partial charge in [-0.3, -0.25) is 14.5 Å². The zero-order valence-electron chi connectivity index (χ0n) is 12.8. The van der Waals surface area contributed by atoms with Crippen molar-refractivity contribution in [2.75, 3.05) is 16.8 Å². The highest BCUT2D eigenvalue weighted by Crippen LogP contribution is 2.31. The molecule has 0 aliphatic carbocycles. The van der Waals surface area contributed by atoms with Gasteiger partial charge in [0.1, 0.15) is 12.3 Å². The van der Waals surface area contributed by atoms with E-state index in [9.17, 15) is 9.59 Å². The molecule has 1 aliphatic heterocycles. The minimum atomic E-state index is -0.350. The zero-order valence-corrected chi connectivity index (χ0v) is 12.8. The minimum Gasteiger partial charge on any atom is -0.456 e. The van der Waals surface area contributed by atoms with Gasteiger partial charge in [0, 0.05) is 12.6 Å². The molecule has 22 heavy (non-hydrogen) atoms. The van der Waals surface area contributed by atoms with E-state index < -0.39 is 0 Å². The number of carbonyl (C=O) groups excluding carboxylic acids is 2. The van der Waals surface area contributed by atoms with Crippen LogP contribution < -0.4 is 10.2 Å². The molecule has 3 heterocycles. The fraction of sp³-hybridized carbons (Fsp3) is 0.312. The van der Waals surface area contributed by atoms with Gasteiger partial charge >= 0.3 is 0 Å². The number of furan rings is 1. The van der Waals surface area contributed by atoms with Gasteiger partial charge in [0.15, 0.2) is 11.6 Å². The number of amides is 2. The van der Waals surface area contributed by atoms with E-state index in [1.165, 1.54) is 4.90 Å². The number of nitrogens with one attached hydrogen (secondary N) is 1. The normalized spacial score (nSPS) is 13.8. The number of carbonyl (C=O) groups is 2. The van der Waals surface area contributed by atoms with Crippen LogP contribution in [0.3, 0.4) is 0 Å². The van der Waals surface area contributed by atoms with E-state index in [0.717, 1.165) is 16.9 Å². The van der Waals surface area contributed by atoms with Crippen LogP contribution in [0.1, 0.15) is 34.4 Å². The molecule has 0 atom stereocenters. The Kier molecular flexibility index (Phi) is 3.44. The van der Waals surface area contributed by atoms with E-state index in [2.05, 4.69) is 10.3 Å². The molecule has 6 nitrogen and oxygen atoms in total. The highest BCUT2D eigenvalue weighted by Gasteiger charge is 2.31. The van der Waals surface area contributed by atoms with Crippen LogP contribution in [0.5, 0.6) is 0 Å². The number of nitrogens with zero attached hydrogens (tertiary/aromatic N) is 2. The van der Waals surface area contributed by atoms with E-state index in [1.54, 1.807) is 18.3 Å². The predicted molar refractivity (Wildman–Crippen MR) is 82.1 cm³/mol. The average molecular weight is 299 g/mol. The van der Waals surface area contributed by atoms with Crippen molar-refractivity contribution in [2.45, 2.75) is 27.2 Å². The molecule has 0 radical (unpaired) electrons. The molecule has 0 spiro atoms. The Morgan fingerprint density at radius 2 is 2.18 bits per heavy atom. The fourth-order valence-electron chi connectivity index (χ4n) is 2.58. The first-order valence-electron chi connectivity index (χ1n) is 7.18. The fourth-order valence-corrected chi connectivity index (χ4v) is 2.58. The number of rotatable bonds is 2. The molecule has 1 aliphatic rings. The molecule has 2 aromatic rings. The van der Waals surface area contributed by atoms with E-state index in [0.29, 0.717) is 17.9 Å². The third-order valence-electron chi connectivity index (χ3n) is 3.76. The molecule has 0 aromatic carbocycles. The Bertz CT molecular complexity index is 764. The molecule has 6 heteroatoms. The van der Waals surface area contributed by atoms with Crippen molar-refractivity contribution < 1.29 is 14.0 Å². The van der Waals surface area contributed by atoms with E-state index in [1.807, 2.05) is 20.8 Å². The Balaban J connectivity index is 2.03. The molecule has 0 unspecified atom stereocenters. The first-order valence-corrected chi connectivity index (χ1v) is 7.18. The highest BCUT2D eigenvalue weighted by atomic mass is 16.4. The second-order valence-electron chi connectivity index (χ2n) is 5.34. The Morgan fingerprint density at radius 3 is 2.86 bits per heavy atom. The summed E-state index contributed by atoms with van der Waals surface area (Å²) < 4.78 is 5.61. The monoisotopic (exact) mass is 299 g/mol. The zero-order chi connectivity index (χ0) is 15.9. The molecular formula is C16H17N3O3. The summed E-state index contributed by atoms with van der Waals surface area (Å²) in [5.41, 5.74) is 2.37. The van der Waals surface area contributed by atoms with Gasteiger partial charge < -0.3 is 9.73 Å². The highest BCUT2D eigenvalue weighted by molar-refractivity contribution is 6.13. The van der Waals surface area contributed by atoms with Gasteiger partial charge in [-0.15, -0.1) is 0 Å². The minimum absolute atomic E-state index is 0.0660. The second-order valence-corrected chi connectivity index (χ2v) is 5.34. The molecule has 2 amide bonds. The number of pyridine rings is 1. The maximum atomic E-state index is 12.7. The molecule has 0 fully saturated rings. The third kappa shape index (κ3) is 2.26. The van der Waals surface area contributed by atoms with Crippen molar-refractivity contribution in [2.24, 2.45) is 0 Å². The number of aryl methyl sites for hydroxylation is 3. The molecule has 0 saturated heterocycles. The van der Waals surface area contributed by atoms with Crippen LogP contribution in [-0.2, 0) is 11.2 Å². The predicted octanol–water partition coefficient (Wildman–Crippen LogP) is 2.45. The van der Waals surface area contributed by atoms with Gasteiger partial charge in [0.2, 0.25) is 5.91 Å². The van der Waals surface area contributed by atoms with Crippen LogP contribution in [-0.4, -0.2) is 23.3 Å². The molecular weight excluding hydrogens is 282 g/mol. The van der Waals surface area contributed by atoms with Crippen LogP contribution in [0.15, 0.2) is 22.7 Å². The summed E-state index contributed by atoms with van der Waals surface area (Å²) >= 11 is 0. The first kappa shape index (κ1) is 14.3. The number of hydrogen-bond donors (Lipinski definition) is 1. The number of fused-ring (bicyclic) bond motifs is 1. The van der Waals surface area contributed by atoms with E-state index in [-0.39, 0.29) is 24.1 Å². The van der Waals surface area contributed by atoms with Crippen molar-refractivity contribution in [3.8, 4) is 0 Å². The number of anilines is 2. The average Bonchev–Trinajstić information content (AvgIpc) is 2.88. The van der Waals surface area contributed by atoms with Gasteiger partial charge in [-0.05, 0) is 37.1 Å². The summed E-state index contributed by atoms with van der Waals surface area (Å²) in [7, 11) is 0. The molecule has 114 valence electrons. The Hall–Kier alpha value is -2.63. The van der Waals surface area contributed by atoms with Crippen LogP contribution in [0, 0.1) is 13.8 Å².